The van der Waals surface area contributed by atoms with Crippen LogP contribution < -0.4 is 5.32 Å². The van der Waals surface area contributed by atoms with Gasteiger partial charge in [0.15, 0.2) is 0 Å². The molecular formula is C20H16F3N3O. The molecule has 0 radical (unpaired) electrons. The van der Waals surface area contributed by atoms with Gasteiger partial charge in [-0.3, -0.25) is 14.8 Å². The van der Waals surface area contributed by atoms with Crippen LogP contribution in [0.5, 0.6) is 0 Å². The maximum Gasteiger partial charge on any atom is 0.416 e. The number of carbonyl (C=O) groups is 1. The van der Waals surface area contributed by atoms with Gasteiger partial charge in [0.1, 0.15) is 0 Å². The van der Waals surface area contributed by atoms with Crippen LogP contribution in [0.2, 0.25) is 0 Å². The number of alkyl halides is 3. The lowest BCUT2D eigenvalue weighted by Gasteiger charge is -2.14. The van der Waals surface area contributed by atoms with Gasteiger partial charge in [0, 0.05) is 23.6 Å². The van der Waals surface area contributed by atoms with E-state index in [-0.39, 0.29) is 11.3 Å². The Bertz CT molecular complexity index is 956. The molecule has 0 bridgehead atoms. The summed E-state index contributed by atoms with van der Waals surface area (Å²) >= 11 is 0. The quantitative estimate of drug-likeness (QED) is 0.704. The summed E-state index contributed by atoms with van der Waals surface area (Å²) in [5.74, 6) is -0.511. The van der Waals surface area contributed by atoms with Crippen molar-refractivity contribution in [2.24, 2.45) is 0 Å². The summed E-state index contributed by atoms with van der Waals surface area (Å²) in [5, 5.41) is 2.58. The molecule has 0 aliphatic heterocycles. The largest absolute Gasteiger partial charge is 0.416 e. The van der Waals surface area contributed by atoms with Crippen molar-refractivity contribution in [3.8, 4) is 11.4 Å². The fourth-order valence-corrected chi connectivity index (χ4v) is 2.60. The number of hydrogen-bond donors (Lipinski definition) is 1. The van der Waals surface area contributed by atoms with Crippen molar-refractivity contribution in [1.82, 2.24) is 9.97 Å². The summed E-state index contributed by atoms with van der Waals surface area (Å²) in [6, 6.07) is 11.7. The third-order valence-corrected chi connectivity index (χ3v) is 4.02. The van der Waals surface area contributed by atoms with E-state index in [0.717, 1.165) is 12.1 Å². The van der Waals surface area contributed by atoms with Gasteiger partial charge in [-0.2, -0.15) is 13.2 Å². The van der Waals surface area contributed by atoms with Crippen LogP contribution in [0.25, 0.3) is 11.4 Å². The predicted octanol–water partition coefficient (Wildman–Crippen LogP) is 4.98. The molecule has 27 heavy (non-hydrogen) atoms. The molecule has 2 heterocycles. The van der Waals surface area contributed by atoms with Crippen molar-refractivity contribution in [3.63, 3.8) is 0 Å². The van der Waals surface area contributed by atoms with Crippen LogP contribution in [0.3, 0.4) is 0 Å². The first kappa shape index (κ1) is 18.6. The van der Waals surface area contributed by atoms with Gasteiger partial charge in [0.05, 0.1) is 17.0 Å². The molecule has 3 rings (SSSR count). The van der Waals surface area contributed by atoms with Crippen molar-refractivity contribution in [2.75, 3.05) is 5.32 Å². The van der Waals surface area contributed by atoms with Crippen LogP contribution in [0, 0.1) is 0 Å². The first-order valence-electron chi connectivity index (χ1n) is 8.27. The minimum atomic E-state index is -4.48. The highest BCUT2D eigenvalue weighted by Gasteiger charge is 2.31. The second-order valence-electron chi connectivity index (χ2n) is 5.82. The highest BCUT2D eigenvalue weighted by molar-refractivity contribution is 6.05. The minimum absolute atomic E-state index is 0.147. The number of carbonyl (C=O) groups excluding carboxylic acids is 1. The van der Waals surface area contributed by atoms with Crippen LogP contribution in [0.1, 0.15) is 28.4 Å². The average molecular weight is 371 g/mol. The lowest BCUT2D eigenvalue weighted by molar-refractivity contribution is -0.137. The Morgan fingerprint density at radius 2 is 1.78 bits per heavy atom. The van der Waals surface area contributed by atoms with Gasteiger partial charge in [0.25, 0.3) is 5.91 Å². The van der Waals surface area contributed by atoms with Crippen molar-refractivity contribution < 1.29 is 18.0 Å². The zero-order valence-corrected chi connectivity index (χ0v) is 14.4. The second kappa shape index (κ2) is 7.57. The Balaban J connectivity index is 1.90. The molecule has 0 fully saturated rings. The Morgan fingerprint density at radius 3 is 2.44 bits per heavy atom. The highest BCUT2D eigenvalue weighted by Crippen LogP contribution is 2.32. The molecule has 4 nitrogen and oxygen atoms in total. The SMILES string of the molecule is CCc1ccc(C(F)(F)F)cc1NC(=O)c1ccnc(-c2ccccn2)c1. The Kier molecular flexibility index (Phi) is 5.21. The standard InChI is InChI=1S/C20H16F3N3O/c1-2-13-6-7-15(20(21,22)23)12-17(13)26-19(27)14-8-10-25-18(11-14)16-5-3-4-9-24-16/h3-12H,2H2,1H3,(H,26,27). The fourth-order valence-electron chi connectivity index (χ4n) is 2.60. The molecule has 0 unspecified atom stereocenters. The van der Waals surface area contributed by atoms with Crippen LogP contribution in [0.4, 0.5) is 18.9 Å². The number of hydrogen-bond acceptors (Lipinski definition) is 3. The van der Waals surface area contributed by atoms with Crippen molar-refractivity contribution in [2.45, 2.75) is 19.5 Å². The van der Waals surface area contributed by atoms with E-state index < -0.39 is 17.6 Å². The van der Waals surface area contributed by atoms with Crippen LogP contribution >= 0.6 is 0 Å². The zero-order valence-electron chi connectivity index (χ0n) is 14.4. The molecule has 7 heteroatoms. The molecular weight excluding hydrogens is 355 g/mol. The molecule has 0 saturated carbocycles. The number of nitrogens with one attached hydrogen (secondary N) is 1. The number of nitrogens with zero attached hydrogens (tertiary/aromatic N) is 2. The molecule has 0 saturated heterocycles. The zero-order chi connectivity index (χ0) is 19.4. The van der Waals surface area contributed by atoms with Gasteiger partial charge in [0.2, 0.25) is 0 Å². The van der Waals surface area contributed by atoms with Crippen molar-refractivity contribution in [1.29, 1.82) is 0 Å². The number of amides is 1. The summed E-state index contributed by atoms with van der Waals surface area (Å²) < 4.78 is 38.9. The van der Waals surface area contributed by atoms with Gasteiger partial charge in [-0.1, -0.05) is 19.1 Å². The van der Waals surface area contributed by atoms with Gasteiger partial charge in [-0.05, 0) is 48.4 Å². The number of aromatic nitrogens is 2. The summed E-state index contributed by atoms with van der Waals surface area (Å²) in [6.45, 7) is 1.81. The molecule has 0 aliphatic carbocycles. The Hall–Kier alpha value is -3.22. The van der Waals surface area contributed by atoms with E-state index in [4.69, 9.17) is 0 Å². The molecule has 138 valence electrons. The van der Waals surface area contributed by atoms with E-state index in [9.17, 15) is 18.0 Å². The number of rotatable bonds is 4. The summed E-state index contributed by atoms with van der Waals surface area (Å²) in [5.41, 5.74) is 1.34. The first-order valence-corrected chi connectivity index (χ1v) is 8.27. The third-order valence-electron chi connectivity index (χ3n) is 4.02. The van der Waals surface area contributed by atoms with Crippen LogP contribution in [0.15, 0.2) is 60.9 Å². The van der Waals surface area contributed by atoms with Gasteiger partial charge in [-0.25, -0.2) is 0 Å². The monoisotopic (exact) mass is 371 g/mol. The number of halogens is 3. The molecule has 1 N–H and O–H groups in total. The average Bonchev–Trinajstić information content (AvgIpc) is 2.68. The van der Waals surface area contributed by atoms with Crippen molar-refractivity contribution >= 4 is 11.6 Å². The van der Waals surface area contributed by atoms with E-state index in [0.29, 0.717) is 23.4 Å². The topological polar surface area (TPSA) is 54.9 Å². The number of benzene rings is 1. The second-order valence-corrected chi connectivity index (χ2v) is 5.82. The normalized spacial score (nSPS) is 11.3. The number of anilines is 1. The van der Waals surface area contributed by atoms with Gasteiger partial charge >= 0.3 is 6.18 Å². The summed E-state index contributed by atoms with van der Waals surface area (Å²) in [4.78, 5) is 21.0. The fraction of sp³-hybridized carbons (Fsp3) is 0.150. The van der Waals surface area contributed by atoms with E-state index in [1.807, 2.05) is 6.92 Å². The maximum atomic E-state index is 13.0. The number of pyridine rings is 2. The number of aryl methyl sites for hydroxylation is 1. The smallest absolute Gasteiger partial charge is 0.322 e. The molecule has 2 aromatic heterocycles. The summed E-state index contributed by atoms with van der Waals surface area (Å²) in [7, 11) is 0. The lowest BCUT2D eigenvalue weighted by Crippen LogP contribution is -2.15. The van der Waals surface area contributed by atoms with E-state index in [2.05, 4.69) is 15.3 Å². The van der Waals surface area contributed by atoms with E-state index >= 15 is 0 Å². The molecule has 1 aromatic carbocycles. The van der Waals surface area contributed by atoms with Crippen molar-refractivity contribution in [3.05, 3.63) is 77.6 Å². The molecule has 1 amide bonds. The van der Waals surface area contributed by atoms with Gasteiger partial charge < -0.3 is 5.32 Å². The van der Waals surface area contributed by atoms with E-state index in [1.54, 1.807) is 30.5 Å². The summed E-state index contributed by atoms with van der Waals surface area (Å²) in [6.07, 6.45) is -0.913. The molecule has 0 spiro atoms. The highest BCUT2D eigenvalue weighted by atomic mass is 19.4. The Morgan fingerprint density at radius 1 is 1.00 bits per heavy atom. The van der Waals surface area contributed by atoms with Gasteiger partial charge in [-0.15, -0.1) is 0 Å². The minimum Gasteiger partial charge on any atom is -0.322 e. The molecule has 0 aliphatic rings. The van der Waals surface area contributed by atoms with Crippen LogP contribution in [-0.4, -0.2) is 15.9 Å². The first-order chi connectivity index (χ1) is 12.9. The third kappa shape index (κ3) is 4.31. The lowest BCUT2D eigenvalue weighted by atomic mass is 10.1. The van der Waals surface area contributed by atoms with Crippen LogP contribution in [-0.2, 0) is 12.6 Å². The predicted molar refractivity (Wildman–Crippen MR) is 96.2 cm³/mol. The Labute approximate surface area is 154 Å². The maximum absolute atomic E-state index is 13.0. The molecule has 0 atom stereocenters. The molecule has 3 aromatic rings. The van der Waals surface area contributed by atoms with E-state index in [1.165, 1.54) is 18.3 Å².